The van der Waals surface area contributed by atoms with Crippen molar-refractivity contribution in [3.8, 4) is 0 Å². The molecule has 0 aromatic heterocycles. The fourth-order valence-electron chi connectivity index (χ4n) is 4.26. The van der Waals surface area contributed by atoms with Gasteiger partial charge in [-0.05, 0) is 78.2 Å². The summed E-state index contributed by atoms with van der Waals surface area (Å²) in [4.78, 5) is 0.203. The Morgan fingerprint density at radius 3 is 2.30 bits per heavy atom. The lowest BCUT2D eigenvalue weighted by Crippen LogP contribution is -2.47. The Hall–Kier alpha value is -1.25. The Morgan fingerprint density at radius 2 is 1.70 bits per heavy atom. The Labute approximate surface area is 188 Å². The monoisotopic (exact) mass is 494 g/mol. The molecule has 0 amide bonds. The smallest absolute Gasteiger partial charge is 0.244 e. The summed E-state index contributed by atoms with van der Waals surface area (Å²) >= 11 is 3.30. The molecule has 2 aromatic rings. The van der Waals surface area contributed by atoms with Gasteiger partial charge in [0.05, 0.1) is 11.0 Å². The van der Waals surface area contributed by atoms with Crippen LogP contribution in [-0.4, -0.2) is 49.6 Å². The zero-order valence-corrected chi connectivity index (χ0v) is 20.2. The maximum absolute atomic E-state index is 12.8. The second-order valence-corrected chi connectivity index (χ2v) is 11.7. The van der Waals surface area contributed by atoms with E-state index in [9.17, 15) is 13.5 Å². The third-order valence-corrected chi connectivity index (χ3v) is 8.58. The molecule has 1 aliphatic carbocycles. The summed E-state index contributed by atoms with van der Waals surface area (Å²) < 4.78 is 27.3. The highest BCUT2D eigenvalue weighted by Crippen LogP contribution is 2.32. The molecule has 7 heteroatoms. The van der Waals surface area contributed by atoms with E-state index in [2.05, 4.69) is 59.4 Å². The number of aliphatic hydroxyl groups excluding tert-OH is 1. The minimum absolute atomic E-state index is 0.0294. The summed E-state index contributed by atoms with van der Waals surface area (Å²) in [5, 5.41) is 13.9. The summed E-state index contributed by atoms with van der Waals surface area (Å²) in [5.74, 6) is 0.584. The molecule has 0 saturated heterocycles. The highest BCUT2D eigenvalue weighted by Gasteiger charge is 2.29. The second-order valence-electron chi connectivity index (χ2n) is 8.88. The topological polar surface area (TPSA) is 69.6 Å². The molecule has 0 spiro atoms. The molecule has 0 aliphatic heterocycles. The number of sulfonamides is 1. The predicted molar refractivity (Wildman–Crippen MR) is 124 cm³/mol. The van der Waals surface area contributed by atoms with E-state index in [1.807, 2.05) is 0 Å². The molecular formula is C23H31BrN2O3S. The fraction of sp³-hybridized carbons (Fsp3) is 0.478. The number of hydrogen-bond acceptors (Lipinski definition) is 4. The Balaban J connectivity index is 1.51. The molecule has 0 radical (unpaired) electrons. The van der Waals surface area contributed by atoms with Gasteiger partial charge in [0, 0.05) is 30.1 Å². The van der Waals surface area contributed by atoms with E-state index in [0.717, 1.165) is 19.3 Å². The van der Waals surface area contributed by atoms with Crippen LogP contribution in [0.5, 0.6) is 0 Å². The lowest BCUT2D eigenvalue weighted by atomic mass is 9.88. The van der Waals surface area contributed by atoms with Crippen LogP contribution in [0.15, 0.2) is 57.9 Å². The van der Waals surface area contributed by atoms with Gasteiger partial charge in [-0.2, -0.15) is 4.31 Å². The summed E-state index contributed by atoms with van der Waals surface area (Å²) in [7, 11) is -2.17. The first-order valence-electron chi connectivity index (χ1n) is 10.3. The van der Waals surface area contributed by atoms with Crippen LogP contribution in [0.3, 0.4) is 0 Å². The van der Waals surface area contributed by atoms with E-state index in [0.29, 0.717) is 16.9 Å². The molecule has 5 nitrogen and oxygen atoms in total. The van der Waals surface area contributed by atoms with Crippen LogP contribution in [0.25, 0.3) is 0 Å². The lowest BCUT2D eigenvalue weighted by Gasteiger charge is -2.31. The van der Waals surface area contributed by atoms with Crippen LogP contribution < -0.4 is 5.32 Å². The standard InChI is InChI=1S/C23H31BrN2O3S/c1-23(2,14-17-12-18-8-4-5-9-19(18)13-17)25-15-20(27)16-26(3)30(28,29)22-11-7-6-10-21(22)24/h4-11,17,20,25,27H,12-16H2,1-3H3/t20-/m1/s1. The van der Waals surface area contributed by atoms with E-state index in [1.54, 1.807) is 24.3 Å². The first-order chi connectivity index (χ1) is 14.1. The highest BCUT2D eigenvalue weighted by molar-refractivity contribution is 9.10. The second kappa shape index (κ2) is 9.49. The lowest BCUT2D eigenvalue weighted by molar-refractivity contribution is 0.135. The molecule has 3 rings (SSSR count). The van der Waals surface area contributed by atoms with Crippen LogP contribution >= 0.6 is 15.9 Å². The molecular weight excluding hydrogens is 464 g/mol. The Kier molecular flexibility index (Phi) is 7.40. The Morgan fingerprint density at radius 1 is 1.13 bits per heavy atom. The number of nitrogens with zero attached hydrogens (tertiary/aromatic N) is 1. The van der Waals surface area contributed by atoms with Crippen LogP contribution in [0.1, 0.15) is 31.4 Å². The minimum Gasteiger partial charge on any atom is -0.390 e. The van der Waals surface area contributed by atoms with Gasteiger partial charge >= 0.3 is 0 Å². The van der Waals surface area contributed by atoms with Crippen molar-refractivity contribution in [1.82, 2.24) is 9.62 Å². The zero-order chi connectivity index (χ0) is 21.9. The number of benzene rings is 2. The van der Waals surface area contributed by atoms with Crippen LogP contribution in [0.4, 0.5) is 0 Å². The van der Waals surface area contributed by atoms with Gasteiger partial charge in [-0.3, -0.25) is 0 Å². The van der Waals surface area contributed by atoms with Crippen molar-refractivity contribution in [2.24, 2.45) is 5.92 Å². The van der Waals surface area contributed by atoms with Gasteiger partial charge in [0.25, 0.3) is 0 Å². The zero-order valence-electron chi connectivity index (χ0n) is 17.8. The summed E-state index contributed by atoms with van der Waals surface area (Å²) in [6, 6.07) is 15.3. The molecule has 2 aromatic carbocycles. The van der Waals surface area contributed by atoms with Gasteiger partial charge in [-0.1, -0.05) is 36.4 Å². The third-order valence-electron chi connectivity index (χ3n) is 5.74. The molecule has 164 valence electrons. The maximum atomic E-state index is 12.8. The normalized spacial score (nSPS) is 16.1. The van der Waals surface area contributed by atoms with Crippen LogP contribution in [0.2, 0.25) is 0 Å². The van der Waals surface area contributed by atoms with Gasteiger partial charge < -0.3 is 10.4 Å². The quantitative estimate of drug-likeness (QED) is 0.558. The van der Waals surface area contributed by atoms with Crippen molar-refractivity contribution in [1.29, 1.82) is 0 Å². The largest absolute Gasteiger partial charge is 0.390 e. The average molecular weight is 495 g/mol. The van der Waals surface area contributed by atoms with Crippen molar-refractivity contribution in [2.75, 3.05) is 20.1 Å². The molecule has 2 N–H and O–H groups in total. The van der Waals surface area contributed by atoms with E-state index in [4.69, 9.17) is 0 Å². The van der Waals surface area contributed by atoms with Crippen molar-refractivity contribution >= 4 is 26.0 Å². The molecule has 1 atom stereocenters. The van der Waals surface area contributed by atoms with Gasteiger partial charge in [0.15, 0.2) is 0 Å². The number of nitrogens with one attached hydrogen (secondary N) is 1. The van der Waals surface area contributed by atoms with Gasteiger partial charge in [0.2, 0.25) is 10.0 Å². The van der Waals surface area contributed by atoms with Crippen molar-refractivity contribution in [3.63, 3.8) is 0 Å². The molecule has 0 unspecified atom stereocenters. The number of β-amino-alcohol motifs (C(OH)–C–C–N with tert-alkyl or cyclic N) is 1. The molecule has 0 fully saturated rings. The average Bonchev–Trinajstić information content (AvgIpc) is 3.08. The van der Waals surface area contributed by atoms with Gasteiger partial charge in [-0.25, -0.2) is 8.42 Å². The summed E-state index contributed by atoms with van der Waals surface area (Å²) in [6.45, 7) is 4.65. The highest BCUT2D eigenvalue weighted by atomic mass is 79.9. The number of halogens is 1. The number of hydrogen-bond donors (Lipinski definition) is 2. The number of aliphatic hydroxyl groups is 1. The molecule has 1 aliphatic rings. The van der Waals surface area contributed by atoms with E-state index < -0.39 is 16.1 Å². The summed E-state index contributed by atoms with van der Waals surface area (Å²) in [5.41, 5.74) is 2.74. The predicted octanol–water partition coefficient (Wildman–Crippen LogP) is 3.60. The van der Waals surface area contributed by atoms with Crippen molar-refractivity contribution in [3.05, 3.63) is 64.1 Å². The number of rotatable bonds is 9. The Bertz CT molecular complexity index is 953. The molecule has 0 saturated carbocycles. The van der Waals surface area contributed by atoms with Crippen molar-refractivity contribution < 1.29 is 13.5 Å². The first-order valence-corrected chi connectivity index (χ1v) is 12.5. The van der Waals surface area contributed by atoms with E-state index in [1.165, 1.54) is 22.5 Å². The molecule has 0 heterocycles. The van der Waals surface area contributed by atoms with E-state index >= 15 is 0 Å². The number of fused-ring (bicyclic) bond motifs is 1. The molecule has 30 heavy (non-hydrogen) atoms. The SMILES string of the molecule is CN(C[C@H](O)CNC(C)(C)CC1Cc2ccccc2C1)S(=O)(=O)c1ccccc1Br. The van der Waals surface area contributed by atoms with Crippen LogP contribution in [-0.2, 0) is 22.9 Å². The van der Waals surface area contributed by atoms with Gasteiger partial charge in [0.1, 0.15) is 0 Å². The molecule has 0 bridgehead atoms. The van der Waals surface area contributed by atoms with Gasteiger partial charge in [-0.15, -0.1) is 0 Å². The summed E-state index contributed by atoms with van der Waals surface area (Å²) in [6.07, 6.45) is 2.39. The first kappa shape index (κ1) is 23.4. The third kappa shape index (κ3) is 5.71. The van der Waals surface area contributed by atoms with E-state index in [-0.39, 0.29) is 17.0 Å². The minimum atomic E-state index is -3.67. The maximum Gasteiger partial charge on any atom is 0.244 e. The van der Waals surface area contributed by atoms with Crippen LogP contribution in [0, 0.1) is 5.92 Å². The fourth-order valence-corrected chi connectivity index (χ4v) is 6.43. The number of likely N-dealkylation sites (N-methyl/N-ethyl adjacent to an activating group) is 1. The van der Waals surface area contributed by atoms with Crippen molar-refractivity contribution in [2.45, 2.75) is 49.6 Å².